The van der Waals surface area contributed by atoms with Gasteiger partial charge in [-0.2, -0.15) is 0 Å². The van der Waals surface area contributed by atoms with Crippen LogP contribution in [-0.4, -0.2) is 16.6 Å². The Morgan fingerprint density at radius 2 is 2.04 bits per heavy atom. The minimum Gasteiger partial charge on any atom is -0.348 e. The number of hydrogen-bond acceptors (Lipinski definition) is 2. The summed E-state index contributed by atoms with van der Waals surface area (Å²) in [5, 5.41) is 0. The summed E-state index contributed by atoms with van der Waals surface area (Å²) >= 11 is 0. The zero-order valence-electron chi connectivity index (χ0n) is 15.8. The van der Waals surface area contributed by atoms with Gasteiger partial charge in [-0.25, -0.2) is 9.37 Å². The third-order valence-corrected chi connectivity index (χ3v) is 5.47. The first-order valence-corrected chi connectivity index (χ1v) is 9.38. The molecule has 0 radical (unpaired) electrons. The van der Waals surface area contributed by atoms with Crippen molar-refractivity contribution < 1.29 is 4.39 Å². The van der Waals surface area contributed by atoms with Gasteiger partial charge in [0.2, 0.25) is 0 Å². The second-order valence-corrected chi connectivity index (χ2v) is 7.13. The lowest BCUT2D eigenvalue weighted by Gasteiger charge is -2.33. The van der Waals surface area contributed by atoms with Crippen molar-refractivity contribution in [3.8, 4) is 0 Å². The highest BCUT2D eigenvalue weighted by Crippen LogP contribution is 2.38. The van der Waals surface area contributed by atoms with Crippen LogP contribution in [0.2, 0.25) is 0 Å². The highest BCUT2D eigenvalue weighted by molar-refractivity contribution is 5.66. The number of imidazole rings is 1. The summed E-state index contributed by atoms with van der Waals surface area (Å²) in [5.74, 6) is -0.220. The molecule has 1 aromatic heterocycles. The Morgan fingerprint density at radius 3 is 2.74 bits per heavy atom. The topological polar surface area (TPSA) is 21.1 Å². The second-order valence-electron chi connectivity index (χ2n) is 7.13. The number of aromatic nitrogens is 2. The van der Waals surface area contributed by atoms with E-state index in [1.54, 1.807) is 24.7 Å². The summed E-state index contributed by atoms with van der Waals surface area (Å²) < 4.78 is 16.0. The normalized spacial score (nSPS) is 14.9. The lowest BCUT2D eigenvalue weighted by molar-refractivity contribution is 0.614. The predicted molar refractivity (Wildman–Crippen MR) is 108 cm³/mol. The van der Waals surface area contributed by atoms with Crippen LogP contribution in [0.1, 0.15) is 41.6 Å². The van der Waals surface area contributed by atoms with Crippen LogP contribution in [0.4, 0.5) is 10.1 Å². The fourth-order valence-electron chi connectivity index (χ4n) is 4.08. The van der Waals surface area contributed by atoms with E-state index in [1.807, 2.05) is 16.8 Å². The van der Waals surface area contributed by atoms with E-state index in [4.69, 9.17) is 0 Å². The van der Waals surface area contributed by atoms with Crippen molar-refractivity contribution in [3.05, 3.63) is 95.5 Å². The number of aryl methyl sites for hydroxylation is 2. The van der Waals surface area contributed by atoms with Crippen molar-refractivity contribution in [1.82, 2.24) is 9.55 Å². The third-order valence-electron chi connectivity index (χ3n) is 5.47. The van der Waals surface area contributed by atoms with E-state index in [9.17, 15) is 4.39 Å². The lowest BCUT2D eigenvalue weighted by Crippen LogP contribution is -2.24. The van der Waals surface area contributed by atoms with Crippen molar-refractivity contribution in [1.29, 1.82) is 0 Å². The van der Waals surface area contributed by atoms with Crippen LogP contribution >= 0.6 is 0 Å². The van der Waals surface area contributed by atoms with Gasteiger partial charge < -0.3 is 9.47 Å². The molecule has 0 amide bonds. The van der Waals surface area contributed by atoms with Crippen LogP contribution in [0.3, 0.4) is 0 Å². The van der Waals surface area contributed by atoms with E-state index in [1.165, 1.54) is 22.9 Å². The number of nitrogens with zero attached hydrogens (tertiary/aromatic N) is 3. The molecule has 0 saturated carbocycles. The molecule has 4 rings (SSSR count). The molecule has 1 aliphatic rings. The number of benzene rings is 2. The summed E-state index contributed by atoms with van der Waals surface area (Å²) in [5.41, 5.74) is 7.15. The monoisotopic (exact) mass is 361 g/mol. The second kappa shape index (κ2) is 7.03. The SMILES string of the molecule is C=C1CCc2cc(C(c3cccc(F)c3)n3ccnc3)cc(CC)c2N1C. The average molecular weight is 361 g/mol. The molecule has 3 nitrogen and oxygen atoms in total. The number of hydrogen-bond donors (Lipinski definition) is 0. The smallest absolute Gasteiger partial charge is 0.123 e. The van der Waals surface area contributed by atoms with Crippen LogP contribution < -0.4 is 4.90 Å². The van der Waals surface area contributed by atoms with Crippen LogP contribution in [-0.2, 0) is 12.8 Å². The minimum absolute atomic E-state index is 0.103. The van der Waals surface area contributed by atoms with Crippen LogP contribution in [0, 0.1) is 5.82 Å². The molecule has 0 aliphatic carbocycles. The molecule has 1 unspecified atom stereocenters. The summed E-state index contributed by atoms with van der Waals surface area (Å²) in [7, 11) is 2.10. The van der Waals surface area contributed by atoms with Gasteiger partial charge in [0.25, 0.3) is 0 Å². The number of fused-ring (bicyclic) bond motifs is 1. The number of rotatable bonds is 4. The molecular weight excluding hydrogens is 337 g/mol. The average Bonchev–Trinajstić information content (AvgIpc) is 3.18. The lowest BCUT2D eigenvalue weighted by atomic mass is 9.89. The molecule has 2 heterocycles. The zero-order chi connectivity index (χ0) is 19.0. The first-order chi connectivity index (χ1) is 13.1. The number of allylic oxidation sites excluding steroid dienone is 1. The molecule has 0 saturated heterocycles. The van der Waals surface area contributed by atoms with E-state index in [2.05, 4.69) is 42.6 Å². The van der Waals surface area contributed by atoms with Crippen molar-refractivity contribution in [2.45, 2.75) is 32.2 Å². The molecule has 0 bridgehead atoms. The van der Waals surface area contributed by atoms with Gasteiger partial charge in [-0.05, 0) is 53.6 Å². The van der Waals surface area contributed by atoms with E-state index >= 15 is 0 Å². The molecule has 0 spiro atoms. The Balaban J connectivity index is 1.90. The molecule has 0 fully saturated rings. The molecular formula is C23H24FN3. The molecule has 27 heavy (non-hydrogen) atoms. The Bertz CT molecular complexity index is 958. The van der Waals surface area contributed by atoms with Crippen molar-refractivity contribution in [2.24, 2.45) is 0 Å². The molecule has 4 heteroatoms. The Labute approximate surface area is 159 Å². The van der Waals surface area contributed by atoms with Gasteiger partial charge in [-0.3, -0.25) is 0 Å². The summed E-state index contributed by atoms with van der Waals surface area (Å²) in [6, 6.07) is 11.3. The van der Waals surface area contributed by atoms with Gasteiger partial charge in [0.1, 0.15) is 5.82 Å². The molecule has 0 N–H and O–H groups in total. The standard InChI is InChI=1S/C23H24FN3/c1-4-17-12-20(13-19-9-8-16(2)26(3)22(17)19)23(27-11-10-25-15-27)18-6-5-7-21(24)14-18/h5-7,10-15,23H,2,4,8-9H2,1,3H3. The van der Waals surface area contributed by atoms with E-state index in [0.717, 1.165) is 36.1 Å². The van der Waals surface area contributed by atoms with Crippen molar-refractivity contribution in [2.75, 3.05) is 11.9 Å². The van der Waals surface area contributed by atoms with Gasteiger partial charge in [-0.1, -0.05) is 37.8 Å². The van der Waals surface area contributed by atoms with Crippen LogP contribution in [0.5, 0.6) is 0 Å². The molecule has 1 aliphatic heterocycles. The van der Waals surface area contributed by atoms with Crippen molar-refractivity contribution >= 4 is 5.69 Å². The third kappa shape index (κ3) is 3.16. The zero-order valence-corrected chi connectivity index (χ0v) is 15.8. The van der Waals surface area contributed by atoms with E-state index in [-0.39, 0.29) is 11.9 Å². The fraction of sp³-hybridized carbons (Fsp3) is 0.261. The molecule has 3 aromatic rings. The maximum absolute atomic E-state index is 14.0. The summed E-state index contributed by atoms with van der Waals surface area (Å²) in [6.45, 7) is 6.38. The fourth-order valence-corrected chi connectivity index (χ4v) is 4.08. The van der Waals surface area contributed by atoms with Gasteiger partial charge in [-0.15, -0.1) is 0 Å². The van der Waals surface area contributed by atoms with Gasteiger partial charge in [0, 0.05) is 30.8 Å². The van der Waals surface area contributed by atoms with E-state index in [0.29, 0.717) is 0 Å². The Hall–Kier alpha value is -2.88. The maximum Gasteiger partial charge on any atom is 0.123 e. The summed E-state index contributed by atoms with van der Waals surface area (Å²) in [4.78, 5) is 6.44. The largest absolute Gasteiger partial charge is 0.348 e. The van der Waals surface area contributed by atoms with Gasteiger partial charge >= 0.3 is 0 Å². The van der Waals surface area contributed by atoms with E-state index < -0.39 is 0 Å². The first-order valence-electron chi connectivity index (χ1n) is 9.38. The number of anilines is 1. The predicted octanol–water partition coefficient (Wildman–Crippen LogP) is 5.12. The maximum atomic E-state index is 14.0. The van der Waals surface area contributed by atoms with Crippen LogP contribution in [0.25, 0.3) is 0 Å². The van der Waals surface area contributed by atoms with Gasteiger partial charge in [0.15, 0.2) is 0 Å². The Morgan fingerprint density at radius 1 is 1.19 bits per heavy atom. The van der Waals surface area contributed by atoms with Crippen LogP contribution in [0.15, 0.2) is 67.4 Å². The molecule has 2 aromatic carbocycles. The number of halogens is 1. The molecule has 1 atom stereocenters. The van der Waals surface area contributed by atoms with Gasteiger partial charge in [0.05, 0.1) is 12.4 Å². The summed E-state index contributed by atoms with van der Waals surface area (Å²) in [6.07, 6.45) is 8.39. The highest BCUT2D eigenvalue weighted by Gasteiger charge is 2.24. The minimum atomic E-state index is -0.220. The van der Waals surface area contributed by atoms with Crippen molar-refractivity contribution in [3.63, 3.8) is 0 Å². The first kappa shape index (κ1) is 17.5. The molecule has 138 valence electrons. The Kier molecular flexibility index (Phi) is 4.56. The quantitative estimate of drug-likeness (QED) is 0.643. The highest BCUT2D eigenvalue weighted by atomic mass is 19.1.